The van der Waals surface area contributed by atoms with E-state index in [-0.39, 0.29) is 23.7 Å². The third-order valence-electron chi connectivity index (χ3n) is 5.32. The van der Waals surface area contributed by atoms with Crippen LogP contribution in [0, 0.1) is 5.41 Å². The fourth-order valence-corrected chi connectivity index (χ4v) is 3.70. The molecule has 1 amide bonds. The highest BCUT2D eigenvalue weighted by Gasteiger charge is 2.43. The summed E-state index contributed by atoms with van der Waals surface area (Å²) < 4.78 is 0. The minimum Gasteiger partial charge on any atom is -0.356 e. The van der Waals surface area contributed by atoms with Crippen LogP contribution in [0.25, 0.3) is 0 Å². The Kier molecular flexibility index (Phi) is 7.53. The summed E-state index contributed by atoms with van der Waals surface area (Å²) in [5.74, 6) is 0.271. The maximum atomic E-state index is 12.7. The van der Waals surface area contributed by atoms with E-state index in [9.17, 15) is 4.79 Å². The highest BCUT2D eigenvalue weighted by atomic mass is 35.5. The summed E-state index contributed by atoms with van der Waals surface area (Å²) in [5, 5.41) is 6.57. The second-order valence-electron chi connectivity index (χ2n) is 7.00. The lowest BCUT2D eigenvalue weighted by molar-refractivity contribution is -0.135. The summed E-state index contributed by atoms with van der Waals surface area (Å²) in [5.41, 5.74) is 1.14. The minimum absolute atomic E-state index is 0. The zero-order valence-electron chi connectivity index (χ0n) is 14.4. The lowest BCUT2D eigenvalue weighted by Crippen LogP contribution is -2.48. The van der Waals surface area contributed by atoms with Crippen molar-refractivity contribution in [3.8, 4) is 0 Å². The second-order valence-corrected chi connectivity index (χ2v) is 7.00. The lowest BCUT2D eigenvalue weighted by Gasteiger charge is -2.40. The van der Waals surface area contributed by atoms with Crippen molar-refractivity contribution < 1.29 is 4.79 Å². The number of benzene rings is 1. The first-order valence-corrected chi connectivity index (χ1v) is 9.04. The molecule has 0 aromatic heterocycles. The predicted octanol–water partition coefficient (Wildman–Crippen LogP) is 2.23. The van der Waals surface area contributed by atoms with E-state index in [1.165, 1.54) is 12.0 Å². The summed E-state index contributed by atoms with van der Waals surface area (Å²) in [4.78, 5) is 15.1. The molecule has 0 unspecified atom stereocenters. The molecular formula is C19H30ClN3O. The Morgan fingerprint density at radius 3 is 2.50 bits per heavy atom. The first-order valence-electron chi connectivity index (χ1n) is 9.04. The van der Waals surface area contributed by atoms with Crippen LogP contribution in [0.3, 0.4) is 0 Å². The fraction of sp³-hybridized carbons (Fsp3) is 0.632. The van der Waals surface area contributed by atoms with Crippen molar-refractivity contribution in [2.45, 2.75) is 32.1 Å². The van der Waals surface area contributed by atoms with Gasteiger partial charge >= 0.3 is 0 Å². The molecule has 134 valence electrons. The number of rotatable bonds is 7. The first-order chi connectivity index (χ1) is 11.3. The average molecular weight is 352 g/mol. The van der Waals surface area contributed by atoms with Crippen LogP contribution in [0.4, 0.5) is 0 Å². The van der Waals surface area contributed by atoms with Gasteiger partial charge in [0.2, 0.25) is 5.91 Å². The van der Waals surface area contributed by atoms with Gasteiger partial charge in [-0.15, -0.1) is 12.4 Å². The van der Waals surface area contributed by atoms with Crippen LogP contribution in [-0.2, 0) is 11.2 Å². The molecule has 1 aromatic carbocycles. The largest absolute Gasteiger partial charge is 0.356 e. The number of hydrogen-bond acceptors (Lipinski definition) is 3. The molecule has 5 heteroatoms. The van der Waals surface area contributed by atoms with Crippen molar-refractivity contribution >= 4 is 18.3 Å². The molecule has 24 heavy (non-hydrogen) atoms. The normalized spacial score (nSPS) is 19.8. The zero-order valence-corrected chi connectivity index (χ0v) is 15.2. The van der Waals surface area contributed by atoms with Gasteiger partial charge in [0.25, 0.3) is 0 Å². The van der Waals surface area contributed by atoms with Crippen LogP contribution in [0.15, 0.2) is 30.3 Å². The Hall–Kier alpha value is -1.10. The van der Waals surface area contributed by atoms with Crippen molar-refractivity contribution in [1.29, 1.82) is 0 Å². The molecule has 1 saturated carbocycles. The third kappa shape index (κ3) is 4.95. The van der Waals surface area contributed by atoms with Gasteiger partial charge in [-0.2, -0.15) is 0 Å². The van der Waals surface area contributed by atoms with Crippen LogP contribution < -0.4 is 10.6 Å². The van der Waals surface area contributed by atoms with Crippen LogP contribution in [0.2, 0.25) is 0 Å². The molecule has 2 N–H and O–H groups in total. The van der Waals surface area contributed by atoms with Gasteiger partial charge in [0.1, 0.15) is 0 Å². The molecule has 0 atom stereocenters. The highest BCUT2D eigenvalue weighted by Crippen LogP contribution is 2.43. The average Bonchev–Trinajstić information content (AvgIpc) is 2.57. The van der Waals surface area contributed by atoms with Gasteiger partial charge in [-0.05, 0) is 37.8 Å². The highest BCUT2D eigenvalue weighted by molar-refractivity contribution is 5.85. The number of carbonyl (C=O) groups is 1. The van der Waals surface area contributed by atoms with Crippen molar-refractivity contribution in [2.75, 3.05) is 39.3 Å². The number of carbonyl (C=O) groups excluding carboxylic acids is 1. The molecule has 2 fully saturated rings. The second kappa shape index (κ2) is 9.40. The summed E-state index contributed by atoms with van der Waals surface area (Å²) in [6.07, 6.45) is 5.18. The van der Waals surface area contributed by atoms with E-state index in [4.69, 9.17) is 0 Å². The number of hydrogen-bond donors (Lipinski definition) is 2. The molecule has 3 rings (SSSR count). The molecule has 0 bridgehead atoms. The fourth-order valence-electron chi connectivity index (χ4n) is 3.70. The van der Waals surface area contributed by atoms with Gasteiger partial charge in [-0.1, -0.05) is 36.8 Å². The van der Waals surface area contributed by atoms with Crippen molar-refractivity contribution in [3.63, 3.8) is 0 Å². The quantitative estimate of drug-likeness (QED) is 0.740. The van der Waals surface area contributed by atoms with Gasteiger partial charge in [0, 0.05) is 32.7 Å². The Morgan fingerprint density at radius 1 is 1.17 bits per heavy atom. The number of piperazine rings is 1. The van der Waals surface area contributed by atoms with Crippen molar-refractivity contribution in [3.05, 3.63) is 35.9 Å². The van der Waals surface area contributed by atoms with Crippen molar-refractivity contribution in [2.24, 2.45) is 5.41 Å². The Morgan fingerprint density at radius 2 is 1.88 bits per heavy atom. The van der Waals surface area contributed by atoms with Crippen LogP contribution in [0.5, 0.6) is 0 Å². The molecule has 1 aliphatic carbocycles. The van der Waals surface area contributed by atoms with Crippen LogP contribution >= 0.6 is 12.4 Å². The summed E-state index contributed by atoms with van der Waals surface area (Å²) >= 11 is 0. The Balaban J connectivity index is 0.00000208. The molecule has 1 aliphatic heterocycles. The maximum Gasteiger partial charge on any atom is 0.226 e. The summed E-state index contributed by atoms with van der Waals surface area (Å²) in [6.45, 7) is 6.34. The monoisotopic (exact) mass is 351 g/mol. The number of halogens is 1. The standard InChI is InChI=1S/C19H29N3O.ClH/c23-18(21-10-5-13-22-14-11-20-12-15-22)19(8-4-9-19)16-17-6-2-1-3-7-17;/h1-3,6-7,20H,4-5,8-16H2,(H,21,23);1H. The van der Waals surface area contributed by atoms with E-state index in [0.717, 1.165) is 65.0 Å². The van der Waals surface area contributed by atoms with Crippen LogP contribution in [-0.4, -0.2) is 50.1 Å². The number of nitrogens with one attached hydrogen (secondary N) is 2. The molecular weight excluding hydrogens is 322 g/mol. The van der Waals surface area contributed by atoms with E-state index in [1.54, 1.807) is 0 Å². The van der Waals surface area contributed by atoms with E-state index in [2.05, 4.69) is 39.8 Å². The van der Waals surface area contributed by atoms with Gasteiger partial charge < -0.3 is 15.5 Å². The lowest BCUT2D eigenvalue weighted by atomic mass is 9.64. The first kappa shape index (κ1) is 19.2. The number of amides is 1. The predicted molar refractivity (Wildman–Crippen MR) is 101 cm³/mol. The van der Waals surface area contributed by atoms with Gasteiger partial charge in [-0.3, -0.25) is 4.79 Å². The van der Waals surface area contributed by atoms with Gasteiger partial charge in [-0.25, -0.2) is 0 Å². The topological polar surface area (TPSA) is 44.4 Å². The molecule has 0 radical (unpaired) electrons. The molecule has 0 spiro atoms. The Bertz CT molecular complexity index is 499. The number of nitrogens with zero attached hydrogens (tertiary/aromatic N) is 1. The molecule has 1 aromatic rings. The van der Waals surface area contributed by atoms with Gasteiger partial charge in [0.05, 0.1) is 5.41 Å². The van der Waals surface area contributed by atoms with E-state index < -0.39 is 0 Å². The summed E-state index contributed by atoms with van der Waals surface area (Å²) in [6, 6.07) is 10.4. The van der Waals surface area contributed by atoms with Gasteiger partial charge in [0.15, 0.2) is 0 Å². The molecule has 1 saturated heterocycles. The van der Waals surface area contributed by atoms with E-state index in [0.29, 0.717) is 0 Å². The minimum atomic E-state index is -0.142. The molecule has 4 nitrogen and oxygen atoms in total. The Labute approximate surface area is 151 Å². The van der Waals surface area contributed by atoms with E-state index in [1.807, 2.05) is 6.07 Å². The molecule has 1 heterocycles. The molecule has 2 aliphatic rings. The SMILES string of the molecule is Cl.O=C(NCCCN1CCNCC1)C1(Cc2ccccc2)CCC1. The summed E-state index contributed by atoms with van der Waals surface area (Å²) in [7, 11) is 0. The van der Waals surface area contributed by atoms with Crippen molar-refractivity contribution in [1.82, 2.24) is 15.5 Å². The van der Waals surface area contributed by atoms with E-state index >= 15 is 0 Å². The smallest absolute Gasteiger partial charge is 0.226 e. The zero-order chi connectivity index (χ0) is 16.0. The maximum absolute atomic E-state index is 12.7. The van der Waals surface area contributed by atoms with Crippen LogP contribution in [0.1, 0.15) is 31.2 Å². The third-order valence-corrected chi connectivity index (χ3v) is 5.32.